The Morgan fingerprint density at radius 3 is 2.94 bits per heavy atom. The van der Waals surface area contributed by atoms with E-state index in [-0.39, 0.29) is 0 Å². The number of nitrogens with zero attached hydrogens (tertiary/aromatic N) is 1. The van der Waals surface area contributed by atoms with E-state index in [0.29, 0.717) is 5.92 Å². The van der Waals surface area contributed by atoms with Gasteiger partial charge in [0.1, 0.15) is 0 Å². The lowest BCUT2D eigenvalue weighted by atomic mass is 10.0. The minimum Gasteiger partial charge on any atom is -0.261 e. The number of benzene rings is 1. The van der Waals surface area contributed by atoms with Gasteiger partial charge in [-0.3, -0.25) is 4.99 Å². The maximum absolute atomic E-state index is 4.62. The molecule has 0 atom stereocenters. The van der Waals surface area contributed by atoms with Crippen LogP contribution in [0.2, 0.25) is 0 Å². The van der Waals surface area contributed by atoms with E-state index in [0.717, 1.165) is 6.42 Å². The number of hydrogen-bond acceptors (Lipinski definition) is 2. The van der Waals surface area contributed by atoms with Crippen molar-refractivity contribution in [2.45, 2.75) is 20.3 Å². The van der Waals surface area contributed by atoms with Crippen LogP contribution < -0.4 is 0 Å². The summed E-state index contributed by atoms with van der Waals surface area (Å²) in [6.45, 7) is 4.47. The third-order valence-corrected chi connectivity index (χ3v) is 3.93. The van der Waals surface area contributed by atoms with Crippen molar-refractivity contribution >= 4 is 33.7 Å². The first-order valence-corrected chi connectivity index (χ1v) is 6.87. The van der Waals surface area contributed by atoms with Gasteiger partial charge >= 0.3 is 0 Å². The first kappa shape index (κ1) is 10.7. The summed E-state index contributed by atoms with van der Waals surface area (Å²) in [4.78, 5) is 4.62. The summed E-state index contributed by atoms with van der Waals surface area (Å²) in [5.41, 5.74) is 3.76. The van der Waals surface area contributed by atoms with Crippen LogP contribution in [0.1, 0.15) is 31.4 Å². The Bertz CT molecular complexity index is 617. The normalized spacial score (nSPS) is 14.2. The monoisotopic (exact) mass is 241 g/mol. The molecule has 1 aliphatic heterocycles. The summed E-state index contributed by atoms with van der Waals surface area (Å²) in [6, 6.07) is 6.50. The van der Waals surface area contributed by atoms with Gasteiger partial charge in [-0.1, -0.05) is 26.0 Å². The minimum atomic E-state index is 0.646. The molecular weight excluding hydrogens is 226 g/mol. The van der Waals surface area contributed by atoms with E-state index in [1.165, 1.54) is 26.9 Å². The Balaban J connectivity index is 2.17. The zero-order valence-corrected chi connectivity index (χ0v) is 10.9. The Hall–Kier alpha value is -1.41. The third kappa shape index (κ3) is 1.93. The van der Waals surface area contributed by atoms with Crippen molar-refractivity contribution in [2.24, 2.45) is 10.9 Å². The lowest BCUT2D eigenvalue weighted by molar-refractivity contribution is 0.641. The molecule has 0 spiro atoms. The molecule has 0 fully saturated rings. The Labute approximate surface area is 106 Å². The van der Waals surface area contributed by atoms with Crippen LogP contribution in [0.4, 0.5) is 0 Å². The summed E-state index contributed by atoms with van der Waals surface area (Å²) in [7, 11) is 0. The van der Waals surface area contributed by atoms with E-state index >= 15 is 0 Å². The molecule has 2 heterocycles. The van der Waals surface area contributed by atoms with Gasteiger partial charge in [0.05, 0.1) is 0 Å². The highest BCUT2D eigenvalue weighted by Gasteiger charge is 2.10. The van der Waals surface area contributed by atoms with Crippen LogP contribution in [-0.2, 0) is 0 Å². The van der Waals surface area contributed by atoms with Crippen molar-refractivity contribution in [3.63, 3.8) is 0 Å². The first-order chi connectivity index (χ1) is 8.24. The Kier molecular flexibility index (Phi) is 2.60. The van der Waals surface area contributed by atoms with E-state index in [9.17, 15) is 0 Å². The highest BCUT2D eigenvalue weighted by molar-refractivity contribution is 7.17. The molecule has 0 saturated carbocycles. The molecule has 86 valence electrons. The summed E-state index contributed by atoms with van der Waals surface area (Å²) >= 11 is 1.80. The number of thiophene rings is 1. The second-order valence-electron chi connectivity index (χ2n) is 4.90. The van der Waals surface area contributed by atoms with E-state index < -0.39 is 0 Å². The number of hydrogen-bond donors (Lipinski definition) is 0. The van der Waals surface area contributed by atoms with Gasteiger partial charge in [-0.15, -0.1) is 11.3 Å². The van der Waals surface area contributed by atoms with Crippen molar-refractivity contribution in [2.75, 3.05) is 0 Å². The lowest BCUT2D eigenvalue weighted by Crippen LogP contribution is -1.89. The Morgan fingerprint density at radius 2 is 2.12 bits per heavy atom. The van der Waals surface area contributed by atoms with E-state index in [4.69, 9.17) is 0 Å². The molecule has 0 bridgehead atoms. The molecule has 2 aromatic rings. The molecule has 0 radical (unpaired) electrons. The molecule has 1 aromatic heterocycles. The van der Waals surface area contributed by atoms with Crippen molar-refractivity contribution < 1.29 is 0 Å². The predicted octanol–water partition coefficient (Wildman–Crippen LogP) is 4.72. The quantitative estimate of drug-likeness (QED) is 0.721. The molecule has 0 aliphatic carbocycles. The van der Waals surface area contributed by atoms with Crippen LogP contribution in [0.15, 0.2) is 34.3 Å². The molecule has 3 rings (SSSR count). The molecule has 17 heavy (non-hydrogen) atoms. The topological polar surface area (TPSA) is 12.4 Å². The standard InChI is InChI=1S/C15H15NS/c1-10(2)6-13-7-11-4-3-5-14-15(11)12(8-16-13)9-17-14/h3-5,7-10H,6H2,1-2H3. The molecule has 1 nitrogen and oxygen atoms in total. The molecule has 1 aromatic carbocycles. The van der Waals surface area contributed by atoms with Gasteiger partial charge in [-0.2, -0.15) is 0 Å². The first-order valence-electron chi connectivity index (χ1n) is 5.99. The fourth-order valence-corrected chi connectivity index (χ4v) is 3.20. The van der Waals surface area contributed by atoms with Crippen molar-refractivity contribution in [3.05, 3.63) is 40.4 Å². The zero-order chi connectivity index (χ0) is 11.8. The summed E-state index contributed by atoms with van der Waals surface area (Å²) < 4.78 is 1.35. The Morgan fingerprint density at radius 1 is 1.24 bits per heavy atom. The third-order valence-electron chi connectivity index (χ3n) is 2.97. The van der Waals surface area contributed by atoms with Crippen LogP contribution in [0.5, 0.6) is 0 Å². The SMILES string of the molecule is CC(C)CC1=Cc2cccc3scc(c23)C=N1. The summed E-state index contributed by atoms with van der Waals surface area (Å²) in [5.74, 6) is 0.646. The predicted molar refractivity (Wildman–Crippen MR) is 76.9 cm³/mol. The zero-order valence-electron chi connectivity index (χ0n) is 10.1. The highest BCUT2D eigenvalue weighted by atomic mass is 32.1. The molecule has 0 amide bonds. The fourth-order valence-electron chi connectivity index (χ4n) is 2.26. The van der Waals surface area contributed by atoms with Crippen molar-refractivity contribution in [3.8, 4) is 0 Å². The second kappa shape index (κ2) is 4.11. The van der Waals surface area contributed by atoms with Crippen LogP contribution >= 0.6 is 11.3 Å². The summed E-state index contributed by atoms with van der Waals surface area (Å²) in [5, 5.41) is 3.56. The van der Waals surface area contributed by atoms with Crippen LogP contribution in [0.3, 0.4) is 0 Å². The molecule has 0 saturated heterocycles. The smallest absolute Gasteiger partial charge is 0.0412 e. The van der Waals surface area contributed by atoms with Gasteiger partial charge in [-0.25, -0.2) is 0 Å². The fraction of sp³-hybridized carbons (Fsp3) is 0.267. The molecule has 1 aliphatic rings. The largest absolute Gasteiger partial charge is 0.261 e. The number of allylic oxidation sites excluding steroid dienone is 1. The maximum Gasteiger partial charge on any atom is 0.0412 e. The number of aliphatic imine (C=N–C) groups is 1. The highest BCUT2D eigenvalue weighted by Crippen LogP contribution is 2.32. The van der Waals surface area contributed by atoms with Crippen LogP contribution in [0.25, 0.3) is 16.2 Å². The average molecular weight is 241 g/mol. The van der Waals surface area contributed by atoms with Gasteiger partial charge in [0.2, 0.25) is 0 Å². The molecule has 0 unspecified atom stereocenters. The van der Waals surface area contributed by atoms with E-state index in [2.05, 4.69) is 48.5 Å². The van der Waals surface area contributed by atoms with Gasteiger partial charge in [-0.05, 0) is 30.0 Å². The maximum atomic E-state index is 4.62. The van der Waals surface area contributed by atoms with Crippen molar-refractivity contribution in [1.82, 2.24) is 0 Å². The van der Waals surface area contributed by atoms with Crippen LogP contribution in [0, 0.1) is 5.92 Å². The van der Waals surface area contributed by atoms with Gasteiger partial charge < -0.3 is 0 Å². The van der Waals surface area contributed by atoms with E-state index in [1.807, 2.05) is 6.21 Å². The van der Waals surface area contributed by atoms with Gasteiger partial charge in [0.15, 0.2) is 0 Å². The second-order valence-corrected chi connectivity index (χ2v) is 5.81. The van der Waals surface area contributed by atoms with Crippen LogP contribution in [-0.4, -0.2) is 6.21 Å². The van der Waals surface area contributed by atoms with Gasteiger partial charge in [0.25, 0.3) is 0 Å². The lowest BCUT2D eigenvalue weighted by Gasteiger charge is -2.04. The molecule has 2 heteroatoms. The minimum absolute atomic E-state index is 0.646. The average Bonchev–Trinajstić information content (AvgIpc) is 2.61. The number of rotatable bonds is 2. The van der Waals surface area contributed by atoms with Gasteiger partial charge in [0, 0.05) is 32.9 Å². The van der Waals surface area contributed by atoms with Crippen molar-refractivity contribution in [1.29, 1.82) is 0 Å². The van der Waals surface area contributed by atoms with E-state index in [1.54, 1.807) is 11.3 Å². The summed E-state index contributed by atoms with van der Waals surface area (Å²) in [6.07, 6.45) is 5.30. The molecular formula is C15H15NS. The molecule has 0 N–H and O–H groups in total.